The first kappa shape index (κ1) is 19.8. The van der Waals surface area contributed by atoms with Gasteiger partial charge in [0.2, 0.25) is 0 Å². The second-order valence-electron chi connectivity index (χ2n) is 7.85. The number of H-pyrrole nitrogens is 1. The van der Waals surface area contributed by atoms with Gasteiger partial charge in [-0.05, 0) is 47.5 Å². The van der Waals surface area contributed by atoms with Crippen LogP contribution in [-0.4, -0.2) is 24.8 Å². The minimum atomic E-state index is -3.83. The Labute approximate surface area is 180 Å². The zero-order chi connectivity index (χ0) is 21.4. The minimum absolute atomic E-state index is 0.159. The Morgan fingerprint density at radius 3 is 2.65 bits per heavy atom. The summed E-state index contributed by atoms with van der Waals surface area (Å²) in [6, 6.07) is 20.9. The molecule has 0 saturated carbocycles. The molecular formula is C24H22FN3O2S. The van der Waals surface area contributed by atoms with Gasteiger partial charge in [0.25, 0.3) is 10.0 Å². The van der Waals surface area contributed by atoms with Gasteiger partial charge >= 0.3 is 0 Å². The lowest BCUT2D eigenvalue weighted by Gasteiger charge is -2.27. The lowest BCUT2D eigenvalue weighted by atomic mass is 10.0. The van der Waals surface area contributed by atoms with Crippen molar-refractivity contribution in [3.05, 3.63) is 95.4 Å². The SMILES string of the molecule is O=S(=O)(Nc1cccc(F)c1)c1ccc2[nH]c3c(c2c1)CN(Cc1ccccc1)CC3. The van der Waals surface area contributed by atoms with Gasteiger partial charge in [0.05, 0.1) is 10.6 Å². The largest absolute Gasteiger partial charge is 0.358 e. The summed E-state index contributed by atoms with van der Waals surface area (Å²) in [5.41, 5.74) is 4.68. The third-order valence-corrected chi connectivity index (χ3v) is 7.04. The standard InChI is InChI=1S/C24H22FN3O2S/c25-18-7-4-8-19(13-18)27-31(29,30)20-9-10-23-21(14-20)22-16-28(12-11-24(22)26-23)15-17-5-2-1-3-6-17/h1-10,13-14,26-27H,11-12,15-16H2. The van der Waals surface area contributed by atoms with E-state index in [-0.39, 0.29) is 10.6 Å². The van der Waals surface area contributed by atoms with Gasteiger partial charge < -0.3 is 4.98 Å². The molecule has 5 nitrogen and oxygen atoms in total. The quantitative estimate of drug-likeness (QED) is 0.479. The zero-order valence-corrected chi connectivity index (χ0v) is 17.6. The number of fused-ring (bicyclic) bond motifs is 3. The maximum Gasteiger partial charge on any atom is 0.261 e. The molecule has 5 rings (SSSR count). The normalized spacial score (nSPS) is 14.5. The molecule has 4 aromatic rings. The number of sulfonamides is 1. The number of rotatable bonds is 5. The number of nitrogens with one attached hydrogen (secondary N) is 2. The Bertz CT molecular complexity index is 1350. The minimum Gasteiger partial charge on any atom is -0.358 e. The van der Waals surface area contributed by atoms with Crippen molar-refractivity contribution in [2.24, 2.45) is 0 Å². The van der Waals surface area contributed by atoms with Gasteiger partial charge in [-0.3, -0.25) is 9.62 Å². The summed E-state index contributed by atoms with van der Waals surface area (Å²) in [5, 5.41) is 0.912. The molecule has 158 valence electrons. The Morgan fingerprint density at radius 2 is 1.84 bits per heavy atom. The lowest BCUT2D eigenvalue weighted by molar-refractivity contribution is 0.245. The molecule has 0 radical (unpaired) electrons. The number of benzene rings is 3. The number of nitrogens with zero attached hydrogens (tertiary/aromatic N) is 1. The van der Waals surface area contributed by atoms with Crippen molar-refractivity contribution >= 4 is 26.6 Å². The summed E-state index contributed by atoms with van der Waals surface area (Å²) in [4.78, 5) is 5.98. The maximum absolute atomic E-state index is 13.4. The van der Waals surface area contributed by atoms with E-state index in [1.54, 1.807) is 18.2 Å². The molecule has 0 aliphatic carbocycles. The molecule has 0 amide bonds. The van der Waals surface area contributed by atoms with Crippen molar-refractivity contribution in [3.63, 3.8) is 0 Å². The molecule has 3 aromatic carbocycles. The molecule has 7 heteroatoms. The van der Waals surface area contributed by atoms with E-state index in [4.69, 9.17) is 0 Å². The van der Waals surface area contributed by atoms with E-state index < -0.39 is 15.8 Å². The number of aromatic nitrogens is 1. The molecule has 1 aromatic heterocycles. The third-order valence-electron chi connectivity index (χ3n) is 5.66. The van der Waals surface area contributed by atoms with Gasteiger partial charge in [-0.25, -0.2) is 12.8 Å². The first-order chi connectivity index (χ1) is 15.0. The van der Waals surface area contributed by atoms with Crippen LogP contribution >= 0.6 is 0 Å². The van der Waals surface area contributed by atoms with E-state index >= 15 is 0 Å². The summed E-state index contributed by atoms with van der Waals surface area (Å²) in [6.07, 6.45) is 0.889. The monoisotopic (exact) mass is 435 g/mol. The van der Waals surface area contributed by atoms with Crippen LogP contribution in [0, 0.1) is 5.82 Å². The van der Waals surface area contributed by atoms with Crippen LogP contribution in [0.25, 0.3) is 10.9 Å². The van der Waals surface area contributed by atoms with Gasteiger partial charge in [-0.1, -0.05) is 36.4 Å². The highest BCUT2D eigenvalue weighted by Gasteiger charge is 2.23. The molecule has 0 spiro atoms. The third kappa shape index (κ3) is 4.06. The Morgan fingerprint density at radius 1 is 1.00 bits per heavy atom. The zero-order valence-electron chi connectivity index (χ0n) is 16.8. The van der Waals surface area contributed by atoms with Crippen LogP contribution < -0.4 is 4.72 Å². The summed E-state index contributed by atoms with van der Waals surface area (Å²) >= 11 is 0. The molecule has 2 heterocycles. The highest BCUT2D eigenvalue weighted by Crippen LogP contribution is 2.30. The van der Waals surface area contributed by atoms with Crippen molar-refractivity contribution in [1.82, 2.24) is 9.88 Å². The van der Waals surface area contributed by atoms with E-state index in [0.29, 0.717) is 0 Å². The number of halogens is 1. The fraction of sp³-hybridized carbons (Fsp3) is 0.167. The maximum atomic E-state index is 13.4. The molecule has 0 atom stereocenters. The highest BCUT2D eigenvalue weighted by atomic mass is 32.2. The van der Waals surface area contributed by atoms with Gasteiger partial charge in [0, 0.05) is 42.7 Å². The number of aromatic amines is 1. The Kier molecular flexibility index (Phi) is 5.00. The van der Waals surface area contributed by atoms with Gasteiger partial charge in [-0.15, -0.1) is 0 Å². The molecular weight excluding hydrogens is 413 g/mol. The number of anilines is 1. The fourth-order valence-electron chi connectivity index (χ4n) is 4.16. The van der Waals surface area contributed by atoms with Crippen LogP contribution in [-0.2, 0) is 29.5 Å². The summed E-state index contributed by atoms with van der Waals surface area (Å²) in [5.74, 6) is -0.492. The molecule has 0 fully saturated rings. The molecule has 2 N–H and O–H groups in total. The van der Waals surface area contributed by atoms with Gasteiger partial charge in [0.1, 0.15) is 5.82 Å². The average molecular weight is 436 g/mol. The molecule has 0 bridgehead atoms. The second-order valence-corrected chi connectivity index (χ2v) is 9.53. The van der Waals surface area contributed by atoms with E-state index in [1.807, 2.05) is 18.2 Å². The van der Waals surface area contributed by atoms with Crippen LogP contribution in [0.2, 0.25) is 0 Å². The molecule has 1 aliphatic heterocycles. The van der Waals surface area contributed by atoms with Crippen molar-refractivity contribution in [1.29, 1.82) is 0 Å². The first-order valence-electron chi connectivity index (χ1n) is 10.2. The summed E-state index contributed by atoms with van der Waals surface area (Å²) < 4.78 is 41.7. The Hall–Kier alpha value is -3.16. The molecule has 31 heavy (non-hydrogen) atoms. The lowest BCUT2D eigenvalue weighted by Crippen LogP contribution is -2.29. The van der Waals surface area contributed by atoms with Crippen molar-refractivity contribution < 1.29 is 12.8 Å². The number of hydrogen-bond acceptors (Lipinski definition) is 3. The van der Waals surface area contributed by atoms with E-state index in [9.17, 15) is 12.8 Å². The van der Waals surface area contributed by atoms with Crippen LogP contribution in [0.1, 0.15) is 16.8 Å². The van der Waals surface area contributed by atoms with E-state index in [1.165, 1.54) is 23.8 Å². The average Bonchev–Trinajstić information content (AvgIpc) is 3.11. The summed E-state index contributed by atoms with van der Waals surface area (Å²) in [7, 11) is -3.83. The summed E-state index contributed by atoms with van der Waals surface area (Å²) in [6.45, 7) is 2.55. The topological polar surface area (TPSA) is 65.2 Å². The van der Waals surface area contributed by atoms with Crippen molar-refractivity contribution in [2.45, 2.75) is 24.4 Å². The van der Waals surface area contributed by atoms with Crippen LogP contribution in [0.3, 0.4) is 0 Å². The fourth-order valence-corrected chi connectivity index (χ4v) is 5.23. The molecule has 0 saturated heterocycles. The highest BCUT2D eigenvalue weighted by molar-refractivity contribution is 7.92. The second kappa shape index (κ2) is 7.83. The predicted molar refractivity (Wildman–Crippen MR) is 120 cm³/mol. The van der Waals surface area contributed by atoms with Crippen LogP contribution in [0.4, 0.5) is 10.1 Å². The predicted octanol–water partition coefficient (Wildman–Crippen LogP) is 4.67. The van der Waals surface area contributed by atoms with E-state index in [0.717, 1.165) is 54.3 Å². The van der Waals surface area contributed by atoms with Crippen molar-refractivity contribution in [3.8, 4) is 0 Å². The van der Waals surface area contributed by atoms with Gasteiger partial charge in [-0.2, -0.15) is 0 Å². The first-order valence-corrected chi connectivity index (χ1v) is 11.6. The van der Waals surface area contributed by atoms with Crippen LogP contribution in [0.5, 0.6) is 0 Å². The van der Waals surface area contributed by atoms with Crippen molar-refractivity contribution in [2.75, 3.05) is 11.3 Å². The Balaban J connectivity index is 1.44. The van der Waals surface area contributed by atoms with Gasteiger partial charge in [0.15, 0.2) is 0 Å². The van der Waals surface area contributed by atoms with Crippen LogP contribution in [0.15, 0.2) is 77.7 Å². The van der Waals surface area contributed by atoms with E-state index in [2.05, 4.69) is 26.7 Å². The molecule has 1 aliphatic rings. The number of hydrogen-bond donors (Lipinski definition) is 2. The smallest absolute Gasteiger partial charge is 0.261 e. The molecule has 0 unspecified atom stereocenters.